The molecule has 16 heteroatoms. The molecule has 2 heterocycles. The van der Waals surface area contributed by atoms with Crippen LogP contribution >= 0.6 is 11.6 Å². The highest BCUT2D eigenvalue weighted by molar-refractivity contribution is 8.01. The Morgan fingerprint density at radius 2 is 1.71 bits per heavy atom. The SMILES string of the molecule is Cc1nc(-c2ccc(OC(F)(F)F)cc2)c(-c2cc(-c3cnc(CO)c([SH](C)(C)=O)c3)ccc2N/C=C(/Cl)C(=N)C(F)(F)F)o1. The van der Waals surface area contributed by atoms with Gasteiger partial charge in [-0.25, -0.2) is 4.98 Å². The molecule has 3 N–H and O–H groups in total. The first-order valence-electron chi connectivity index (χ1n) is 12.8. The number of alkyl halides is 6. The molecule has 4 rings (SSSR count). The van der Waals surface area contributed by atoms with Gasteiger partial charge in [-0.15, -0.1) is 13.2 Å². The van der Waals surface area contributed by atoms with Gasteiger partial charge in [-0.1, -0.05) is 27.6 Å². The Morgan fingerprint density at radius 3 is 2.29 bits per heavy atom. The number of aromatic nitrogens is 2. The van der Waals surface area contributed by atoms with Crippen molar-refractivity contribution in [3.05, 3.63) is 77.5 Å². The standard InChI is InChI=1S/C29H25ClF6N4O4S/c1-15-40-25(16-4-7-19(8-5-16)44-29(34,35)36)26(43-15)20-10-17(18-11-24(45(2,3)42)23(14-41)38-12-18)6-9-22(20)39-13-21(30)27(37)28(31,32)33/h4-13,37,39,41,45H,14H2,1-3H3/b21-13+,37-27?. The molecule has 0 unspecified atom stereocenters. The largest absolute Gasteiger partial charge is 0.573 e. The maximum atomic E-state index is 13.0. The molecule has 2 aromatic heterocycles. The zero-order valence-corrected chi connectivity index (χ0v) is 25.3. The lowest BCUT2D eigenvalue weighted by atomic mass is 9.99. The molecule has 0 spiro atoms. The third-order valence-corrected chi connectivity index (χ3v) is 8.09. The van der Waals surface area contributed by atoms with E-state index in [9.17, 15) is 35.7 Å². The van der Waals surface area contributed by atoms with E-state index in [0.717, 1.165) is 18.3 Å². The van der Waals surface area contributed by atoms with Crippen molar-refractivity contribution in [2.24, 2.45) is 0 Å². The van der Waals surface area contributed by atoms with Crippen molar-refractivity contribution in [1.82, 2.24) is 9.97 Å². The minimum Gasteiger partial charge on any atom is -0.440 e. The summed E-state index contributed by atoms with van der Waals surface area (Å²) >= 11 is 5.74. The Morgan fingerprint density at radius 1 is 1.07 bits per heavy atom. The number of thiol groups is 1. The summed E-state index contributed by atoms with van der Waals surface area (Å²) in [7, 11) is -2.88. The molecule has 0 bridgehead atoms. The van der Waals surface area contributed by atoms with Crippen LogP contribution in [0.2, 0.25) is 0 Å². The van der Waals surface area contributed by atoms with E-state index in [-0.39, 0.29) is 34.3 Å². The Hall–Kier alpha value is -4.21. The number of oxazole rings is 1. The van der Waals surface area contributed by atoms with Crippen LogP contribution in [0.3, 0.4) is 0 Å². The molecule has 0 saturated carbocycles. The average Bonchev–Trinajstić information content (AvgIpc) is 3.35. The van der Waals surface area contributed by atoms with Crippen LogP contribution in [0.15, 0.2) is 75.3 Å². The number of rotatable bonds is 9. The summed E-state index contributed by atoms with van der Waals surface area (Å²) in [4.78, 5) is 8.97. The van der Waals surface area contributed by atoms with E-state index in [1.807, 2.05) is 0 Å². The Kier molecular flexibility index (Phi) is 9.47. The number of aryl methyl sites for hydroxylation is 1. The molecular weight excluding hydrogens is 650 g/mol. The number of anilines is 1. The smallest absolute Gasteiger partial charge is 0.440 e. The number of ether oxygens (including phenoxy) is 1. The summed E-state index contributed by atoms with van der Waals surface area (Å²) in [6.07, 6.45) is -4.62. The van der Waals surface area contributed by atoms with E-state index >= 15 is 0 Å². The Labute approximate surface area is 258 Å². The van der Waals surface area contributed by atoms with Crippen molar-refractivity contribution in [2.45, 2.75) is 31.0 Å². The summed E-state index contributed by atoms with van der Waals surface area (Å²) in [6, 6.07) is 11.1. The third kappa shape index (κ3) is 8.09. The van der Waals surface area contributed by atoms with Crippen molar-refractivity contribution < 1.29 is 44.8 Å². The van der Waals surface area contributed by atoms with Crippen molar-refractivity contribution in [3.8, 4) is 39.5 Å². The summed E-state index contributed by atoms with van der Waals surface area (Å²) in [5.74, 6) is -0.217. The van der Waals surface area contributed by atoms with Gasteiger partial charge in [-0.3, -0.25) is 14.6 Å². The topological polar surface area (TPSA) is 121 Å². The number of nitrogens with one attached hydrogen (secondary N) is 2. The van der Waals surface area contributed by atoms with E-state index in [4.69, 9.17) is 21.4 Å². The number of hydrogen-bond donors (Lipinski definition) is 4. The Bertz CT molecular complexity index is 1810. The maximum Gasteiger partial charge on any atom is 0.573 e. The van der Waals surface area contributed by atoms with Crippen molar-refractivity contribution in [2.75, 3.05) is 17.8 Å². The maximum absolute atomic E-state index is 13.0. The molecule has 8 nitrogen and oxygen atoms in total. The number of halogens is 7. The van der Waals surface area contributed by atoms with Gasteiger partial charge in [0.1, 0.15) is 11.4 Å². The van der Waals surface area contributed by atoms with Gasteiger partial charge >= 0.3 is 12.5 Å². The lowest BCUT2D eigenvalue weighted by Gasteiger charge is -2.18. The van der Waals surface area contributed by atoms with Crippen LogP contribution in [-0.2, 0) is 16.5 Å². The third-order valence-electron chi connectivity index (χ3n) is 6.25. The van der Waals surface area contributed by atoms with Crippen LogP contribution in [0, 0.1) is 12.3 Å². The van der Waals surface area contributed by atoms with E-state index in [2.05, 4.69) is 20.0 Å². The monoisotopic (exact) mass is 674 g/mol. The molecule has 0 fully saturated rings. The second kappa shape index (κ2) is 12.7. The van der Waals surface area contributed by atoms with Gasteiger partial charge in [0.25, 0.3) is 0 Å². The molecule has 0 aliphatic heterocycles. The van der Waals surface area contributed by atoms with Crippen LogP contribution < -0.4 is 10.1 Å². The fourth-order valence-electron chi connectivity index (χ4n) is 4.23. The highest BCUT2D eigenvalue weighted by Gasteiger charge is 2.36. The fraction of sp³-hybridized carbons (Fsp3) is 0.207. The van der Waals surface area contributed by atoms with Gasteiger partial charge in [0.15, 0.2) is 17.4 Å². The van der Waals surface area contributed by atoms with Crippen molar-refractivity contribution >= 4 is 32.9 Å². The van der Waals surface area contributed by atoms with E-state index in [1.165, 1.54) is 43.8 Å². The Balaban J connectivity index is 1.88. The number of nitrogens with zero attached hydrogens (tertiary/aromatic N) is 2. The summed E-state index contributed by atoms with van der Waals surface area (Å²) < 4.78 is 99.9. The summed E-state index contributed by atoms with van der Waals surface area (Å²) in [5, 5.41) is 18.7. The zero-order chi connectivity index (χ0) is 33.3. The minimum absolute atomic E-state index is 0.0913. The van der Waals surface area contributed by atoms with Crippen LogP contribution in [0.1, 0.15) is 11.6 Å². The lowest BCUT2D eigenvalue weighted by Crippen LogP contribution is -2.22. The quantitative estimate of drug-likeness (QED) is 0.0825. The number of hydrogen-bond acceptors (Lipinski definition) is 8. The minimum atomic E-state index is -5.00. The molecule has 240 valence electrons. The summed E-state index contributed by atoms with van der Waals surface area (Å²) in [5.41, 5.74) is 0.355. The van der Waals surface area contributed by atoms with E-state index < -0.39 is 45.6 Å². The molecule has 0 aliphatic carbocycles. The summed E-state index contributed by atoms with van der Waals surface area (Å²) in [6.45, 7) is 1.08. The molecule has 2 aromatic carbocycles. The second-order valence-electron chi connectivity index (χ2n) is 9.95. The molecule has 4 aromatic rings. The molecule has 0 radical (unpaired) electrons. The van der Waals surface area contributed by atoms with E-state index in [1.54, 1.807) is 18.2 Å². The van der Waals surface area contributed by atoms with Crippen LogP contribution in [0.25, 0.3) is 33.7 Å². The first kappa shape index (κ1) is 33.7. The van der Waals surface area contributed by atoms with Gasteiger partial charge in [0.05, 0.1) is 17.3 Å². The molecule has 0 amide bonds. The van der Waals surface area contributed by atoms with Gasteiger partial charge in [-0.2, -0.15) is 13.2 Å². The number of aliphatic hydroxyl groups excluding tert-OH is 1. The van der Waals surface area contributed by atoms with Crippen molar-refractivity contribution in [1.29, 1.82) is 5.41 Å². The number of pyridine rings is 1. The van der Waals surface area contributed by atoms with Gasteiger partial charge in [-0.05, 0) is 60.5 Å². The number of benzene rings is 2. The molecular formula is C29H25ClF6N4O4S. The van der Waals surface area contributed by atoms with Crippen LogP contribution in [-0.4, -0.2) is 50.0 Å². The van der Waals surface area contributed by atoms with Gasteiger partial charge in [0, 0.05) is 46.6 Å². The molecule has 0 aliphatic rings. The predicted octanol–water partition coefficient (Wildman–Crippen LogP) is 7.48. The normalized spacial score (nSPS) is 13.1. The average molecular weight is 675 g/mol. The lowest BCUT2D eigenvalue weighted by molar-refractivity contribution is -0.274. The second-order valence-corrected chi connectivity index (χ2v) is 13.5. The highest BCUT2D eigenvalue weighted by Crippen LogP contribution is 2.40. The highest BCUT2D eigenvalue weighted by atomic mass is 35.5. The van der Waals surface area contributed by atoms with Crippen LogP contribution in [0.5, 0.6) is 5.75 Å². The fourth-order valence-corrected chi connectivity index (χ4v) is 5.60. The van der Waals surface area contributed by atoms with Crippen molar-refractivity contribution in [3.63, 3.8) is 0 Å². The van der Waals surface area contributed by atoms with Gasteiger partial charge in [0.2, 0.25) is 0 Å². The molecule has 45 heavy (non-hydrogen) atoms. The number of allylic oxidation sites excluding steroid dienone is 1. The molecule has 0 saturated heterocycles. The first-order chi connectivity index (χ1) is 20.9. The zero-order valence-electron chi connectivity index (χ0n) is 23.6. The molecule has 0 atom stereocenters. The first-order valence-corrected chi connectivity index (χ1v) is 15.8. The number of aliphatic hydroxyl groups is 1. The van der Waals surface area contributed by atoms with E-state index in [0.29, 0.717) is 21.6 Å². The van der Waals surface area contributed by atoms with Gasteiger partial charge < -0.3 is 19.6 Å². The van der Waals surface area contributed by atoms with Crippen LogP contribution in [0.4, 0.5) is 32.0 Å². The predicted molar refractivity (Wildman–Crippen MR) is 159 cm³/mol.